The van der Waals surface area contributed by atoms with Crippen molar-refractivity contribution in [3.05, 3.63) is 50.4 Å². The zero-order valence-electron chi connectivity index (χ0n) is 15.4. The first-order valence-electron chi connectivity index (χ1n) is 8.91. The summed E-state index contributed by atoms with van der Waals surface area (Å²) in [5.41, 5.74) is 11.0. The van der Waals surface area contributed by atoms with Crippen molar-refractivity contribution < 1.29 is 20.1 Å². The third-order valence-electron chi connectivity index (χ3n) is 4.77. The topological polar surface area (TPSA) is 174 Å². The van der Waals surface area contributed by atoms with Gasteiger partial charge >= 0.3 is 0 Å². The highest BCUT2D eigenvalue weighted by Gasteiger charge is 2.44. The van der Waals surface area contributed by atoms with Crippen LogP contribution in [0, 0.1) is 3.57 Å². The third-order valence-corrected chi connectivity index (χ3v) is 5.64. The molecule has 1 unspecified atom stereocenters. The quantitative estimate of drug-likeness (QED) is 0.163. The first kappa shape index (κ1) is 20.7. The van der Waals surface area contributed by atoms with Crippen LogP contribution < -0.4 is 5.32 Å². The molecule has 4 atom stereocenters. The minimum absolute atomic E-state index is 0.413. The Morgan fingerprint density at radius 3 is 2.80 bits per heavy atom. The van der Waals surface area contributed by atoms with E-state index in [0.29, 0.717) is 29.2 Å². The third kappa shape index (κ3) is 3.78. The van der Waals surface area contributed by atoms with E-state index in [1.165, 1.54) is 17.2 Å². The predicted molar refractivity (Wildman–Crippen MR) is 114 cm³/mol. The van der Waals surface area contributed by atoms with Crippen LogP contribution in [-0.2, 0) is 11.3 Å². The maximum absolute atomic E-state index is 10.3. The van der Waals surface area contributed by atoms with Crippen LogP contribution in [0.1, 0.15) is 11.8 Å². The van der Waals surface area contributed by atoms with Crippen molar-refractivity contribution in [3.63, 3.8) is 0 Å². The van der Waals surface area contributed by atoms with Crippen LogP contribution in [-0.4, -0.2) is 59.8 Å². The van der Waals surface area contributed by atoms with Gasteiger partial charge in [-0.2, -0.15) is 0 Å². The lowest BCUT2D eigenvalue weighted by atomic mass is 10.1. The molecule has 0 bridgehead atoms. The molecule has 30 heavy (non-hydrogen) atoms. The van der Waals surface area contributed by atoms with Crippen molar-refractivity contribution in [1.29, 1.82) is 0 Å². The maximum atomic E-state index is 10.3. The van der Waals surface area contributed by atoms with Gasteiger partial charge in [-0.05, 0) is 39.8 Å². The first-order valence-corrected chi connectivity index (χ1v) is 9.98. The SMILES string of the molecule is [N-]=[N+]=Nc1ccc(CNc2ncnc3c2ncn3C2O[C@H](CO)[C@@H](O)[C@H]2O)cc1I. The lowest BCUT2D eigenvalue weighted by molar-refractivity contribution is -0.0511. The number of halogens is 1. The molecule has 1 saturated heterocycles. The van der Waals surface area contributed by atoms with Crippen LogP contribution >= 0.6 is 22.6 Å². The Labute approximate surface area is 183 Å². The molecule has 4 rings (SSSR count). The molecule has 0 aliphatic carbocycles. The molecule has 0 radical (unpaired) electrons. The molecule has 12 nitrogen and oxygen atoms in total. The molecule has 1 aliphatic heterocycles. The van der Waals surface area contributed by atoms with Gasteiger partial charge in [0.1, 0.15) is 24.6 Å². The van der Waals surface area contributed by atoms with Crippen LogP contribution in [0.25, 0.3) is 21.6 Å². The van der Waals surface area contributed by atoms with E-state index in [2.05, 4.69) is 52.9 Å². The lowest BCUT2D eigenvalue weighted by Gasteiger charge is -2.16. The van der Waals surface area contributed by atoms with Crippen LogP contribution in [0.5, 0.6) is 0 Å². The van der Waals surface area contributed by atoms with Gasteiger partial charge in [0.2, 0.25) is 0 Å². The molecule has 1 aromatic carbocycles. The number of aliphatic hydroxyl groups excluding tert-OH is 3. The zero-order chi connectivity index (χ0) is 21.3. The van der Waals surface area contributed by atoms with Gasteiger partial charge in [0.05, 0.1) is 18.6 Å². The number of hydrogen-bond donors (Lipinski definition) is 4. The number of azide groups is 1. The molecular formula is C17H17IN8O4. The monoisotopic (exact) mass is 524 g/mol. The van der Waals surface area contributed by atoms with Crippen LogP contribution in [0.2, 0.25) is 0 Å². The van der Waals surface area contributed by atoms with Crippen molar-refractivity contribution in [2.45, 2.75) is 31.1 Å². The molecule has 0 saturated carbocycles. The van der Waals surface area contributed by atoms with E-state index in [1.54, 1.807) is 6.07 Å². The highest BCUT2D eigenvalue weighted by molar-refractivity contribution is 14.1. The molecule has 1 aliphatic rings. The van der Waals surface area contributed by atoms with E-state index in [9.17, 15) is 15.3 Å². The second-order valence-electron chi connectivity index (χ2n) is 6.60. The fraction of sp³-hybridized carbons (Fsp3) is 0.353. The van der Waals surface area contributed by atoms with Crippen molar-refractivity contribution in [2.75, 3.05) is 11.9 Å². The smallest absolute Gasteiger partial charge is 0.167 e. The van der Waals surface area contributed by atoms with Crippen LogP contribution in [0.4, 0.5) is 11.5 Å². The minimum atomic E-state index is -1.23. The van der Waals surface area contributed by atoms with Gasteiger partial charge in [-0.1, -0.05) is 17.2 Å². The van der Waals surface area contributed by atoms with Crippen molar-refractivity contribution in [1.82, 2.24) is 19.5 Å². The first-order chi connectivity index (χ1) is 14.5. The summed E-state index contributed by atoms with van der Waals surface area (Å²) in [5.74, 6) is 0.486. The van der Waals surface area contributed by atoms with Gasteiger partial charge in [0.15, 0.2) is 23.2 Å². The Kier molecular flexibility index (Phi) is 5.99. The molecule has 4 N–H and O–H groups in total. The zero-order valence-corrected chi connectivity index (χ0v) is 17.5. The van der Waals surface area contributed by atoms with Crippen LogP contribution in [0.3, 0.4) is 0 Å². The molecule has 3 heterocycles. The average Bonchev–Trinajstić information content (AvgIpc) is 3.30. The highest BCUT2D eigenvalue weighted by atomic mass is 127. The van der Waals surface area contributed by atoms with Gasteiger partial charge in [-0.25, -0.2) is 15.0 Å². The number of fused-ring (bicyclic) bond motifs is 1. The van der Waals surface area contributed by atoms with Crippen molar-refractivity contribution in [3.8, 4) is 0 Å². The largest absolute Gasteiger partial charge is 0.394 e. The summed E-state index contributed by atoms with van der Waals surface area (Å²) < 4.78 is 7.89. The maximum Gasteiger partial charge on any atom is 0.167 e. The van der Waals surface area contributed by atoms with Gasteiger partial charge < -0.3 is 25.4 Å². The van der Waals surface area contributed by atoms with Crippen molar-refractivity contribution >= 4 is 45.3 Å². The summed E-state index contributed by atoms with van der Waals surface area (Å²) in [6, 6.07) is 5.48. The highest BCUT2D eigenvalue weighted by Crippen LogP contribution is 2.32. The van der Waals surface area contributed by atoms with Crippen molar-refractivity contribution in [2.24, 2.45) is 5.11 Å². The van der Waals surface area contributed by atoms with Gasteiger partial charge in [0.25, 0.3) is 0 Å². The second-order valence-corrected chi connectivity index (χ2v) is 7.77. The Bertz CT molecular complexity index is 1120. The Morgan fingerprint density at radius 2 is 2.10 bits per heavy atom. The van der Waals surface area contributed by atoms with Gasteiger partial charge in [0, 0.05) is 15.0 Å². The summed E-state index contributed by atoms with van der Waals surface area (Å²) in [6.45, 7) is 0.0276. The average molecular weight is 524 g/mol. The lowest BCUT2D eigenvalue weighted by Crippen LogP contribution is -2.33. The number of anilines is 1. The predicted octanol–water partition coefficient (Wildman–Crippen LogP) is 1.60. The minimum Gasteiger partial charge on any atom is -0.394 e. The van der Waals surface area contributed by atoms with E-state index in [1.807, 2.05) is 12.1 Å². The fourth-order valence-corrected chi connectivity index (χ4v) is 3.94. The number of rotatable bonds is 6. The van der Waals surface area contributed by atoms with E-state index in [0.717, 1.165) is 9.13 Å². The molecule has 3 aromatic rings. The Morgan fingerprint density at radius 1 is 1.27 bits per heavy atom. The summed E-state index contributed by atoms with van der Waals surface area (Å²) in [5, 5.41) is 36.4. The fourth-order valence-electron chi connectivity index (χ4n) is 3.25. The number of aliphatic hydroxyl groups is 3. The summed E-state index contributed by atoms with van der Waals surface area (Å²) in [4.78, 5) is 15.6. The standard InChI is InChI=1S/C17H17IN8O4/c18-9-3-8(1-2-10(9)24-25-19)4-20-15-12-16(22-6-21-15)26(7-23-12)17-14(29)13(28)11(5-27)30-17/h1-3,6-7,11,13-14,17,27-29H,4-5H2,(H,20,21,22)/t11-,13-,14-,17?/m1/s1. The molecule has 13 heteroatoms. The summed E-state index contributed by atoms with van der Waals surface area (Å²) >= 11 is 2.10. The number of imidazole rings is 1. The summed E-state index contributed by atoms with van der Waals surface area (Å²) in [7, 11) is 0. The number of aromatic nitrogens is 4. The van der Waals surface area contributed by atoms with E-state index < -0.39 is 31.1 Å². The number of hydrogen-bond acceptors (Lipinski definition) is 9. The Balaban J connectivity index is 1.57. The second kappa shape index (κ2) is 8.67. The molecule has 0 spiro atoms. The molecule has 1 fully saturated rings. The Hall–Kier alpha value is -2.55. The molecule has 2 aromatic heterocycles. The molecule has 156 valence electrons. The number of benzene rings is 1. The number of nitrogens with zero attached hydrogens (tertiary/aromatic N) is 7. The van der Waals surface area contributed by atoms with Crippen LogP contribution in [0.15, 0.2) is 36.0 Å². The molecule has 0 amide bonds. The number of ether oxygens (including phenoxy) is 1. The van der Waals surface area contributed by atoms with Gasteiger partial charge in [-0.15, -0.1) is 0 Å². The summed E-state index contributed by atoms with van der Waals surface area (Å²) in [6.07, 6.45) is -1.46. The van der Waals surface area contributed by atoms with E-state index in [4.69, 9.17) is 10.3 Å². The number of nitrogens with one attached hydrogen (secondary N) is 1. The van der Waals surface area contributed by atoms with E-state index in [-0.39, 0.29) is 0 Å². The normalized spacial score (nSPS) is 23.5. The van der Waals surface area contributed by atoms with E-state index >= 15 is 0 Å². The molecular weight excluding hydrogens is 507 g/mol. The van der Waals surface area contributed by atoms with Gasteiger partial charge in [-0.3, -0.25) is 4.57 Å².